The Bertz CT molecular complexity index is 1010. The molecule has 8 nitrogen and oxygen atoms in total. The van der Waals surface area contributed by atoms with Gasteiger partial charge in [-0.2, -0.15) is 0 Å². The lowest BCUT2D eigenvalue weighted by atomic mass is 10.0. The van der Waals surface area contributed by atoms with Crippen molar-refractivity contribution in [1.29, 1.82) is 0 Å². The highest BCUT2D eigenvalue weighted by molar-refractivity contribution is 7.89. The van der Waals surface area contributed by atoms with Crippen molar-refractivity contribution >= 4 is 27.5 Å². The topological polar surface area (TPSA) is 114 Å². The Morgan fingerprint density at radius 2 is 1.89 bits per heavy atom. The van der Waals surface area contributed by atoms with Gasteiger partial charge in [0.15, 0.2) is 6.10 Å². The van der Waals surface area contributed by atoms with Crippen molar-refractivity contribution in [3.63, 3.8) is 0 Å². The molecule has 1 atom stereocenters. The number of hydrazine groups is 1. The number of hydrogen-bond acceptors (Lipinski definition) is 5. The highest BCUT2D eigenvalue weighted by Gasteiger charge is 2.22. The number of benzene rings is 2. The number of ether oxygens (including phenoxy) is 1. The third kappa shape index (κ3) is 4.65. The van der Waals surface area contributed by atoms with Crippen LogP contribution in [0.15, 0.2) is 47.4 Å². The summed E-state index contributed by atoms with van der Waals surface area (Å²) in [5.41, 5.74) is 3.36. The number of carbonyl (C=O) groups excluding carboxylic acids is 2. The molecule has 0 aromatic heterocycles. The van der Waals surface area contributed by atoms with Crippen LogP contribution in [0.3, 0.4) is 0 Å². The van der Waals surface area contributed by atoms with Gasteiger partial charge in [-0.3, -0.25) is 15.0 Å². The van der Waals surface area contributed by atoms with Gasteiger partial charge in [-0.1, -0.05) is 0 Å². The molecule has 0 unspecified atom stereocenters. The molecule has 28 heavy (non-hydrogen) atoms. The zero-order valence-electron chi connectivity index (χ0n) is 14.9. The van der Waals surface area contributed by atoms with Crippen LogP contribution >= 0.6 is 0 Å². The predicted octanol–water partition coefficient (Wildman–Crippen LogP) is 1.49. The summed E-state index contributed by atoms with van der Waals surface area (Å²) in [7, 11) is -4.01. The van der Waals surface area contributed by atoms with Gasteiger partial charge < -0.3 is 10.1 Å². The van der Waals surface area contributed by atoms with E-state index in [0.717, 1.165) is 0 Å². The molecule has 2 amide bonds. The first-order chi connectivity index (χ1) is 13.2. The third-order valence-corrected chi connectivity index (χ3v) is 5.33. The van der Waals surface area contributed by atoms with Crippen molar-refractivity contribution in [2.75, 3.05) is 5.32 Å². The molecule has 1 aliphatic heterocycles. The quantitative estimate of drug-likeness (QED) is 0.628. The molecule has 3 N–H and O–H groups in total. The number of sulfonamides is 1. The Kier molecular flexibility index (Phi) is 5.61. The zero-order chi connectivity index (χ0) is 20.3. The molecule has 0 bridgehead atoms. The maximum absolute atomic E-state index is 12.9. The summed E-state index contributed by atoms with van der Waals surface area (Å²) in [5.74, 6) is -1.02. The summed E-state index contributed by atoms with van der Waals surface area (Å²) >= 11 is 0. The SMILES string of the molecule is C[C@H](Oc1ccc(F)cc1)C(=O)NNS(=O)(=O)c1ccc2c(c1)CCC(=O)N2. The van der Waals surface area contributed by atoms with Gasteiger partial charge in [0.25, 0.3) is 15.9 Å². The summed E-state index contributed by atoms with van der Waals surface area (Å²) in [6, 6.07) is 9.36. The molecule has 1 heterocycles. The number of carbonyl (C=O) groups is 2. The van der Waals surface area contributed by atoms with Crippen LogP contribution in [-0.4, -0.2) is 26.3 Å². The van der Waals surface area contributed by atoms with Gasteiger partial charge in [0.05, 0.1) is 4.90 Å². The molecule has 0 spiro atoms. The van der Waals surface area contributed by atoms with Crippen molar-refractivity contribution in [1.82, 2.24) is 10.3 Å². The van der Waals surface area contributed by atoms with Crippen molar-refractivity contribution in [2.24, 2.45) is 0 Å². The fourth-order valence-electron chi connectivity index (χ4n) is 2.58. The van der Waals surface area contributed by atoms with E-state index in [2.05, 4.69) is 10.7 Å². The Balaban J connectivity index is 1.62. The van der Waals surface area contributed by atoms with Crippen LogP contribution in [0.4, 0.5) is 10.1 Å². The zero-order valence-corrected chi connectivity index (χ0v) is 15.7. The molecule has 148 valence electrons. The summed E-state index contributed by atoms with van der Waals surface area (Å²) in [5, 5.41) is 2.67. The maximum atomic E-state index is 12.9. The van der Waals surface area contributed by atoms with Crippen LogP contribution in [0.5, 0.6) is 5.75 Å². The van der Waals surface area contributed by atoms with Gasteiger partial charge in [-0.25, -0.2) is 12.8 Å². The number of halogens is 1. The van der Waals surface area contributed by atoms with E-state index in [1.54, 1.807) is 0 Å². The van der Waals surface area contributed by atoms with E-state index in [1.807, 2.05) is 4.83 Å². The third-order valence-electron chi connectivity index (χ3n) is 4.09. The van der Waals surface area contributed by atoms with Gasteiger partial charge in [0, 0.05) is 12.1 Å². The molecule has 10 heteroatoms. The number of rotatable bonds is 6. The molecule has 1 aliphatic rings. The van der Waals surface area contributed by atoms with E-state index < -0.39 is 27.9 Å². The van der Waals surface area contributed by atoms with Gasteiger partial charge >= 0.3 is 0 Å². The van der Waals surface area contributed by atoms with Crippen LogP contribution in [0.1, 0.15) is 18.9 Å². The van der Waals surface area contributed by atoms with Gasteiger partial charge in [0.2, 0.25) is 5.91 Å². The number of amides is 2. The summed E-state index contributed by atoms with van der Waals surface area (Å²) in [4.78, 5) is 25.4. The minimum absolute atomic E-state index is 0.0465. The second kappa shape index (κ2) is 7.95. The number of hydrogen-bond donors (Lipinski definition) is 3. The molecule has 0 saturated carbocycles. The van der Waals surface area contributed by atoms with Crippen LogP contribution < -0.4 is 20.3 Å². The average molecular weight is 407 g/mol. The summed E-state index contributed by atoms with van der Waals surface area (Å²) in [6.07, 6.45) is -0.315. The largest absolute Gasteiger partial charge is 0.481 e. The fourth-order valence-corrected chi connectivity index (χ4v) is 3.47. The van der Waals surface area contributed by atoms with Gasteiger partial charge in [0.1, 0.15) is 11.6 Å². The molecule has 0 aliphatic carbocycles. The molecule has 2 aromatic rings. The minimum Gasteiger partial charge on any atom is -0.481 e. The first-order valence-corrected chi connectivity index (χ1v) is 9.89. The van der Waals surface area contributed by atoms with E-state index in [4.69, 9.17) is 4.74 Å². The van der Waals surface area contributed by atoms with Crippen molar-refractivity contribution in [3.8, 4) is 5.75 Å². The average Bonchev–Trinajstić information content (AvgIpc) is 2.67. The lowest BCUT2D eigenvalue weighted by Gasteiger charge is -2.18. The van der Waals surface area contributed by atoms with Crippen LogP contribution in [0, 0.1) is 5.82 Å². The van der Waals surface area contributed by atoms with Gasteiger partial charge in [-0.05, 0) is 61.4 Å². The first kappa shape index (κ1) is 19.8. The van der Waals surface area contributed by atoms with Crippen LogP contribution in [0.25, 0.3) is 0 Å². The number of anilines is 1. The molecule has 3 rings (SSSR count). The van der Waals surface area contributed by atoms with E-state index in [9.17, 15) is 22.4 Å². The number of nitrogens with one attached hydrogen (secondary N) is 3. The van der Waals surface area contributed by atoms with Crippen LogP contribution in [-0.2, 0) is 26.0 Å². The standard InChI is InChI=1S/C18H18FN3O5S/c1-11(27-14-5-3-13(19)4-6-14)18(24)21-22-28(25,26)15-7-8-16-12(10-15)2-9-17(23)20-16/h3-8,10-11,22H,2,9H2,1H3,(H,20,23)(H,21,24)/t11-/m0/s1. The minimum atomic E-state index is -4.01. The Morgan fingerprint density at radius 1 is 1.18 bits per heavy atom. The molecule has 0 radical (unpaired) electrons. The monoisotopic (exact) mass is 407 g/mol. The maximum Gasteiger partial charge on any atom is 0.275 e. The van der Waals surface area contributed by atoms with E-state index in [1.165, 1.54) is 49.4 Å². The highest BCUT2D eigenvalue weighted by Crippen LogP contribution is 2.25. The summed E-state index contributed by atoms with van der Waals surface area (Å²) < 4.78 is 43.0. The number of aryl methyl sites for hydroxylation is 1. The Morgan fingerprint density at radius 3 is 2.61 bits per heavy atom. The van der Waals surface area contributed by atoms with E-state index >= 15 is 0 Å². The van der Waals surface area contributed by atoms with Gasteiger partial charge in [-0.15, -0.1) is 4.83 Å². The second-order valence-electron chi connectivity index (χ2n) is 6.18. The molecular formula is C18H18FN3O5S. The Hall–Kier alpha value is -2.98. The smallest absolute Gasteiger partial charge is 0.275 e. The summed E-state index contributed by atoms with van der Waals surface area (Å²) in [6.45, 7) is 1.43. The molecule has 2 aromatic carbocycles. The first-order valence-electron chi connectivity index (χ1n) is 8.41. The highest BCUT2D eigenvalue weighted by atomic mass is 32.2. The fraction of sp³-hybridized carbons (Fsp3) is 0.222. The molecular weight excluding hydrogens is 389 g/mol. The van der Waals surface area contributed by atoms with E-state index in [-0.39, 0.29) is 23.0 Å². The molecule has 0 fully saturated rings. The van der Waals surface area contributed by atoms with Crippen molar-refractivity contribution in [3.05, 3.63) is 53.8 Å². The van der Waals surface area contributed by atoms with Crippen LogP contribution in [0.2, 0.25) is 0 Å². The predicted molar refractivity (Wildman–Crippen MR) is 98.3 cm³/mol. The number of fused-ring (bicyclic) bond motifs is 1. The normalized spacial score (nSPS) is 14.6. The molecule has 0 saturated heterocycles. The lowest BCUT2D eigenvalue weighted by Crippen LogP contribution is -2.47. The Labute approximate surface area is 161 Å². The second-order valence-corrected chi connectivity index (χ2v) is 7.86. The van der Waals surface area contributed by atoms with Crippen molar-refractivity contribution in [2.45, 2.75) is 30.8 Å². The lowest BCUT2D eigenvalue weighted by molar-refractivity contribution is -0.127. The van der Waals surface area contributed by atoms with Crippen molar-refractivity contribution < 1.29 is 27.1 Å². The van der Waals surface area contributed by atoms with E-state index in [0.29, 0.717) is 17.7 Å².